The number of carbonyl (C=O) groups is 2. The third kappa shape index (κ3) is 10.9. The fourth-order valence-corrected chi connectivity index (χ4v) is 6.54. The molecule has 0 saturated carbocycles. The van der Waals surface area contributed by atoms with Gasteiger partial charge in [-0.25, -0.2) is 0 Å². The van der Waals surface area contributed by atoms with E-state index in [4.69, 9.17) is 33.1 Å². The van der Waals surface area contributed by atoms with Crippen LogP contribution in [0.25, 0.3) is 0 Å². The first-order valence-electron chi connectivity index (χ1n) is 13.9. The number of hydrogen-bond acceptors (Lipinski definition) is 5. The van der Waals surface area contributed by atoms with Crippen molar-refractivity contribution in [2.45, 2.75) is 37.7 Å². The highest BCUT2D eigenvalue weighted by Crippen LogP contribution is 2.37. The number of rotatable bonds is 8. The van der Waals surface area contributed by atoms with Gasteiger partial charge in [-0.2, -0.15) is 26.3 Å². The molecule has 45 heavy (non-hydrogen) atoms. The molecule has 0 unspecified atom stereocenters. The van der Waals surface area contributed by atoms with Crippen LogP contribution in [0.5, 0.6) is 0 Å². The summed E-state index contributed by atoms with van der Waals surface area (Å²) < 4.78 is 91.7. The van der Waals surface area contributed by atoms with Crippen LogP contribution >= 0.6 is 23.2 Å². The van der Waals surface area contributed by atoms with Gasteiger partial charge in [-0.3, -0.25) is 14.5 Å². The fourth-order valence-electron chi connectivity index (χ4n) is 5.15. The molecule has 1 N–H and O–H groups in total. The standard InChI is InChI=1S/C27H29Cl2F6N3O2S.C2H4O2/c1-36(25(39)19-10-20(26(30,31)32)13-21(11-19)27(33,34)35)14-18(17-2-3-23(28)24(29)12-17)4-5-37-15-22(16-37)38-6-8-41(40)9-7-38;1-2(3)4/h2-3,10-13,18,22H,4-9,14-16H2,1H3;1H3,(H,3,4)/t18-;/m1./s1. The molecule has 1 amide bonds. The van der Waals surface area contributed by atoms with Crippen LogP contribution in [0.3, 0.4) is 0 Å². The molecular weight excluding hydrogens is 671 g/mol. The lowest BCUT2D eigenvalue weighted by molar-refractivity contribution is -0.143. The quantitative estimate of drug-likeness (QED) is 0.264. The molecule has 250 valence electrons. The van der Waals surface area contributed by atoms with Crippen molar-refractivity contribution in [3.63, 3.8) is 0 Å². The molecule has 0 aliphatic carbocycles. The highest BCUT2D eigenvalue weighted by atomic mass is 35.5. The second kappa shape index (κ2) is 15.6. The normalized spacial score (nSPS) is 17.7. The molecule has 2 fully saturated rings. The van der Waals surface area contributed by atoms with E-state index in [1.54, 1.807) is 18.2 Å². The number of carboxylic acid groups (broad SMARTS) is 1. The molecule has 2 aromatic rings. The summed E-state index contributed by atoms with van der Waals surface area (Å²) in [5.41, 5.74) is -3.04. The van der Waals surface area contributed by atoms with Gasteiger partial charge < -0.3 is 19.5 Å². The largest absolute Gasteiger partial charge is 0.616 e. The lowest BCUT2D eigenvalue weighted by atomic mass is 9.93. The number of alkyl halides is 6. The van der Waals surface area contributed by atoms with Crippen molar-refractivity contribution in [2.75, 3.05) is 57.8 Å². The number of hydrogen-bond donors (Lipinski definition) is 1. The maximum Gasteiger partial charge on any atom is 0.416 e. The summed E-state index contributed by atoms with van der Waals surface area (Å²) in [7, 11) is 1.35. The minimum atomic E-state index is -5.06. The first-order valence-corrected chi connectivity index (χ1v) is 16.1. The summed E-state index contributed by atoms with van der Waals surface area (Å²) in [6, 6.07) is 6.28. The van der Waals surface area contributed by atoms with E-state index >= 15 is 0 Å². The molecule has 2 aromatic carbocycles. The molecule has 4 rings (SSSR count). The van der Waals surface area contributed by atoms with Gasteiger partial charge in [-0.05, 0) is 48.9 Å². The monoisotopic (exact) mass is 703 g/mol. The fraction of sp³-hybridized carbons (Fsp3) is 0.517. The van der Waals surface area contributed by atoms with Crippen LogP contribution in [0.4, 0.5) is 26.3 Å². The Bertz CT molecular complexity index is 1300. The topological polar surface area (TPSA) is 87.2 Å². The average molecular weight is 705 g/mol. The Hall–Kier alpha value is -2.23. The third-order valence-electron chi connectivity index (χ3n) is 7.55. The number of carbonyl (C=O) groups excluding carboxylic acids is 1. The molecule has 0 bridgehead atoms. The Labute approximate surface area is 270 Å². The van der Waals surface area contributed by atoms with E-state index in [-0.39, 0.29) is 18.5 Å². The maximum absolute atomic E-state index is 13.3. The van der Waals surface area contributed by atoms with Gasteiger partial charge in [0.1, 0.15) is 11.5 Å². The van der Waals surface area contributed by atoms with E-state index < -0.39 is 52.1 Å². The lowest BCUT2D eigenvalue weighted by Gasteiger charge is -2.47. The Balaban J connectivity index is 0.00000130. The molecule has 0 radical (unpaired) electrons. The number of likely N-dealkylation sites (N-methyl/N-ethyl adjacent to an activating group) is 1. The summed E-state index contributed by atoms with van der Waals surface area (Å²) in [5.74, 6) is -0.764. The van der Waals surface area contributed by atoms with Crippen LogP contribution in [0.1, 0.15) is 46.3 Å². The zero-order valence-electron chi connectivity index (χ0n) is 24.4. The summed E-state index contributed by atoms with van der Waals surface area (Å²) in [5, 5.41) is 8.04. The molecule has 16 heteroatoms. The summed E-state index contributed by atoms with van der Waals surface area (Å²) in [4.78, 5) is 27.9. The van der Waals surface area contributed by atoms with Gasteiger partial charge in [0.2, 0.25) is 0 Å². The number of amides is 1. The van der Waals surface area contributed by atoms with E-state index in [0.29, 0.717) is 52.7 Å². The molecule has 0 aromatic heterocycles. The highest BCUT2D eigenvalue weighted by Gasteiger charge is 2.38. The van der Waals surface area contributed by atoms with E-state index in [0.717, 1.165) is 43.6 Å². The SMILES string of the molecule is CC(=O)O.CN(C[C@@H](CCN1CC(N2CC[S+]([O-])CC2)C1)c1ccc(Cl)c(Cl)c1)C(=O)c1cc(C(F)(F)F)cc(C(F)(F)F)c1. The molecular formula is C29H33Cl2F6N3O4S. The maximum atomic E-state index is 13.3. The molecule has 2 aliphatic heterocycles. The summed E-state index contributed by atoms with van der Waals surface area (Å²) >= 11 is 11.5. The number of benzene rings is 2. The highest BCUT2D eigenvalue weighted by molar-refractivity contribution is 7.91. The van der Waals surface area contributed by atoms with Crippen LogP contribution in [-0.4, -0.2) is 100 Å². The van der Waals surface area contributed by atoms with Gasteiger partial charge in [0.25, 0.3) is 11.9 Å². The summed E-state index contributed by atoms with van der Waals surface area (Å²) in [6.07, 6.45) is -9.56. The molecule has 2 saturated heterocycles. The van der Waals surface area contributed by atoms with Gasteiger partial charge in [0.05, 0.1) is 21.2 Å². The molecule has 2 aliphatic rings. The van der Waals surface area contributed by atoms with Crippen molar-refractivity contribution in [2.24, 2.45) is 0 Å². The summed E-state index contributed by atoms with van der Waals surface area (Å²) in [6.45, 7) is 5.04. The van der Waals surface area contributed by atoms with Crippen molar-refractivity contribution in [3.05, 3.63) is 68.7 Å². The van der Waals surface area contributed by atoms with Gasteiger partial charge in [0, 0.05) is 64.2 Å². The number of nitrogens with zero attached hydrogens (tertiary/aromatic N) is 3. The first kappa shape index (κ1) is 37.2. The Morgan fingerprint density at radius 3 is 2.02 bits per heavy atom. The van der Waals surface area contributed by atoms with E-state index in [1.165, 1.54) is 7.05 Å². The number of carboxylic acids is 1. The number of halogens is 8. The van der Waals surface area contributed by atoms with Crippen molar-refractivity contribution in [3.8, 4) is 0 Å². The number of aliphatic carboxylic acids is 1. The van der Waals surface area contributed by atoms with Gasteiger partial charge >= 0.3 is 12.4 Å². The predicted molar refractivity (Wildman–Crippen MR) is 160 cm³/mol. The van der Waals surface area contributed by atoms with Crippen LogP contribution < -0.4 is 0 Å². The Morgan fingerprint density at radius 1 is 1.00 bits per heavy atom. The van der Waals surface area contributed by atoms with Gasteiger partial charge in [-0.1, -0.05) is 40.4 Å². The van der Waals surface area contributed by atoms with Crippen molar-refractivity contribution >= 4 is 46.3 Å². The second-order valence-corrected chi connectivity index (χ2v) is 13.5. The first-order chi connectivity index (χ1) is 20.8. The van der Waals surface area contributed by atoms with Crippen molar-refractivity contribution in [1.82, 2.24) is 14.7 Å². The second-order valence-electron chi connectivity index (χ2n) is 11.0. The third-order valence-corrected chi connectivity index (χ3v) is 9.57. The van der Waals surface area contributed by atoms with Gasteiger partial charge in [-0.15, -0.1) is 0 Å². The Morgan fingerprint density at radius 2 is 1.53 bits per heavy atom. The van der Waals surface area contributed by atoms with Crippen LogP contribution in [0.2, 0.25) is 10.0 Å². The molecule has 7 nitrogen and oxygen atoms in total. The molecule has 1 atom stereocenters. The molecule has 0 spiro atoms. The lowest BCUT2D eigenvalue weighted by Crippen LogP contribution is -2.62. The van der Waals surface area contributed by atoms with Crippen LogP contribution in [0.15, 0.2) is 36.4 Å². The molecule has 2 heterocycles. The van der Waals surface area contributed by atoms with Crippen LogP contribution in [0, 0.1) is 0 Å². The van der Waals surface area contributed by atoms with E-state index in [1.807, 2.05) is 0 Å². The smallest absolute Gasteiger partial charge is 0.416 e. The minimum Gasteiger partial charge on any atom is -0.616 e. The van der Waals surface area contributed by atoms with Gasteiger partial charge in [0.15, 0.2) is 0 Å². The number of likely N-dealkylation sites (tertiary alicyclic amines) is 1. The zero-order valence-corrected chi connectivity index (χ0v) is 26.8. The van der Waals surface area contributed by atoms with Crippen molar-refractivity contribution < 1.29 is 45.6 Å². The van der Waals surface area contributed by atoms with Crippen LogP contribution in [-0.2, 0) is 28.3 Å². The van der Waals surface area contributed by atoms with E-state index in [9.17, 15) is 35.7 Å². The van der Waals surface area contributed by atoms with E-state index in [2.05, 4.69) is 9.80 Å². The average Bonchev–Trinajstić information content (AvgIpc) is 2.92. The minimum absolute atomic E-state index is 0.00106. The Kier molecular flexibility index (Phi) is 12.9. The zero-order chi connectivity index (χ0) is 33.7. The predicted octanol–water partition coefficient (Wildman–Crippen LogP) is 6.12. The van der Waals surface area contributed by atoms with Crippen molar-refractivity contribution in [1.29, 1.82) is 0 Å².